The van der Waals surface area contributed by atoms with E-state index in [9.17, 15) is 0 Å². The van der Waals surface area contributed by atoms with Gasteiger partial charge in [0.25, 0.3) is 0 Å². The Kier molecular flexibility index (Phi) is 4.28. The second kappa shape index (κ2) is 5.11. The van der Waals surface area contributed by atoms with Gasteiger partial charge in [0.2, 0.25) is 0 Å². The molecule has 0 N–H and O–H groups in total. The van der Waals surface area contributed by atoms with Gasteiger partial charge in [-0.15, -0.1) is 0 Å². The molecule has 0 radical (unpaired) electrons. The molecule has 90 valence electrons. The van der Waals surface area contributed by atoms with Gasteiger partial charge in [-0.05, 0) is 26.7 Å². The lowest BCUT2D eigenvalue weighted by Gasteiger charge is -2.25. The van der Waals surface area contributed by atoms with Crippen molar-refractivity contribution in [3.8, 4) is 0 Å². The summed E-state index contributed by atoms with van der Waals surface area (Å²) in [7, 11) is 1.67. The fourth-order valence-corrected chi connectivity index (χ4v) is 1.94. The van der Waals surface area contributed by atoms with E-state index < -0.39 is 5.60 Å². The zero-order valence-corrected chi connectivity index (χ0v) is 11.4. The standard InChI is InChI=1S/C12H19ClN2O/c1-6-9-8(3)14-11(15-10(9)13)12(4,7-2)16-5/h6-7H2,1-5H3. The number of ether oxygens (including phenoxy) is 1. The maximum atomic E-state index is 6.15. The Bertz CT molecular complexity index is 352. The first-order valence-corrected chi connectivity index (χ1v) is 5.95. The molecule has 0 saturated heterocycles. The lowest BCUT2D eigenvalue weighted by atomic mass is 10.0. The number of aromatic nitrogens is 2. The molecule has 0 spiro atoms. The van der Waals surface area contributed by atoms with Crippen LogP contribution >= 0.6 is 11.6 Å². The molecule has 0 amide bonds. The molecule has 0 aromatic carbocycles. The third-order valence-corrected chi connectivity index (χ3v) is 3.43. The van der Waals surface area contributed by atoms with Crippen molar-refractivity contribution in [3.05, 3.63) is 22.2 Å². The number of nitrogens with zero attached hydrogens (tertiary/aromatic N) is 2. The third kappa shape index (κ3) is 2.36. The van der Waals surface area contributed by atoms with Crippen molar-refractivity contribution >= 4 is 11.6 Å². The molecule has 1 unspecified atom stereocenters. The van der Waals surface area contributed by atoms with Gasteiger partial charge >= 0.3 is 0 Å². The second-order valence-electron chi connectivity index (χ2n) is 4.04. The van der Waals surface area contributed by atoms with Crippen molar-refractivity contribution in [3.63, 3.8) is 0 Å². The largest absolute Gasteiger partial charge is 0.371 e. The predicted molar refractivity (Wildman–Crippen MR) is 65.8 cm³/mol. The SMILES string of the molecule is CCc1c(C)nc(C(C)(CC)OC)nc1Cl. The number of halogens is 1. The van der Waals surface area contributed by atoms with Crippen LogP contribution in [0, 0.1) is 6.92 Å². The first-order chi connectivity index (χ1) is 7.48. The molecule has 4 heteroatoms. The topological polar surface area (TPSA) is 35.0 Å². The van der Waals surface area contributed by atoms with Gasteiger partial charge in [0.1, 0.15) is 10.8 Å². The third-order valence-electron chi connectivity index (χ3n) is 3.12. The Hall–Kier alpha value is -0.670. The average molecular weight is 243 g/mol. The minimum atomic E-state index is -0.458. The van der Waals surface area contributed by atoms with Crippen LogP contribution in [0.25, 0.3) is 0 Å². The van der Waals surface area contributed by atoms with Crippen LogP contribution in [0.1, 0.15) is 44.3 Å². The highest BCUT2D eigenvalue weighted by atomic mass is 35.5. The average Bonchev–Trinajstić information content (AvgIpc) is 2.27. The number of hydrogen-bond donors (Lipinski definition) is 0. The van der Waals surface area contributed by atoms with Gasteiger partial charge in [0, 0.05) is 18.4 Å². The van der Waals surface area contributed by atoms with Gasteiger partial charge in [-0.1, -0.05) is 25.4 Å². The normalized spacial score (nSPS) is 14.9. The van der Waals surface area contributed by atoms with E-state index in [1.54, 1.807) is 7.11 Å². The molecule has 1 rings (SSSR count). The number of methoxy groups -OCH3 is 1. The number of rotatable bonds is 4. The van der Waals surface area contributed by atoms with Gasteiger partial charge in [-0.3, -0.25) is 0 Å². The quantitative estimate of drug-likeness (QED) is 0.760. The Balaban J connectivity index is 3.27. The van der Waals surface area contributed by atoms with E-state index in [1.165, 1.54) is 0 Å². The minimum Gasteiger partial charge on any atom is -0.371 e. The molecule has 1 aromatic heterocycles. The van der Waals surface area contributed by atoms with E-state index in [0.29, 0.717) is 11.0 Å². The van der Waals surface area contributed by atoms with Crippen LogP contribution in [-0.2, 0) is 16.8 Å². The van der Waals surface area contributed by atoms with E-state index in [1.807, 2.05) is 27.7 Å². The summed E-state index contributed by atoms with van der Waals surface area (Å²) in [5.41, 5.74) is 1.50. The molecule has 0 aliphatic carbocycles. The summed E-state index contributed by atoms with van der Waals surface area (Å²) >= 11 is 6.15. The number of aryl methyl sites for hydroxylation is 1. The van der Waals surface area contributed by atoms with Crippen LogP contribution in [0.2, 0.25) is 5.15 Å². The van der Waals surface area contributed by atoms with E-state index >= 15 is 0 Å². The van der Waals surface area contributed by atoms with E-state index in [0.717, 1.165) is 24.1 Å². The van der Waals surface area contributed by atoms with Crippen molar-refractivity contribution in [2.45, 2.75) is 46.1 Å². The summed E-state index contributed by atoms with van der Waals surface area (Å²) in [6.07, 6.45) is 1.66. The van der Waals surface area contributed by atoms with Crippen LogP contribution in [0.3, 0.4) is 0 Å². The Morgan fingerprint density at radius 1 is 1.31 bits per heavy atom. The van der Waals surface area contributed by atoms with E-state index in [-0.39, 0.29) is 0 Å². The van der Waals surface area contributed by atoms with E-state index in [2.05, 4.69) is 9.97 Å². The highest BCUT2D eigenvalue weighted by Gasteiger charge is 2.28. The van der Waals surface area contributed by atoms with Crippen molar-refractivity contribution in [1.82, 2.24) is 9.97 Å². The van der Waals surface area contributed by atoms with Gasteiger partial charge in [-0.25, -0.2) is 9.97 Å². The zero-order chi connectivity index (χ0) is 12.3. The highest BCUT2D eigenvalue weighted by molar-refractivity contribution is 6.30. The first kappa shape index (κ1) is 13.4. The molecule has 1 atom stereocenters. The molecule has 0 bridgehead atoms. The first-order valence-electron chi connectivity index (χ1n) is 5.57. The summed E-state index contributed by atoms with van der Waals surface area (Å²) in [5, 5.41) is 0.543. The number of hydrogen-bond acceptors (Lipinski definition) is 3. The highest BCUT2D eigenvalue weighted by Crippen LogP contribution is 2.28. The molecule has 1 heterocycles. The lowest BCUT2D eigenvalue weighted by molar-refractivity contribution is -0.00913. The molecule has 0 aliphatic heterocycles. The maximum Gasteiger partial charge on any atom is 0.161 e. The predicted octanol–water partition coefficient (Wildman–Crippen LogP) is 3.27. The molecule has 0 saturated carbocycles. The molecule has 3 nitrogen and oxygen atoms in total. The molecular formula is C12H19ClN2O. The Morgan fingerprint density at radius 3 is 2.31 bits per heavy atom. The summed E-state index contributed by atoms with van der Waals surface area (Å²) in [6.45, 7) is 8.03. The molecule has 0 fully saturated rings. The monoisotopic (exact) mass is 242 g/mol. The molecule has 16 heavy (non-hydrogen) atoms. The van der Waals surface area contributed by atoms with Crippen molar-refractivity contribution in [2.24, 2.45) is 0 Å². The van der Waals surface area contributed by atoms with E-state index in [4.69, 9.17) is 16.3 Å². The lowest BCUT2D eigenvalue weighted by Crippen LogP contribution is -2.27. The Morgan fingerprint density at radius 2 is 1.94 bits per heavy atom. The second-order valence-corrected chi connectivity index (χ2v) is 4.40. The fraction of sp³-hybridized carbons (Fsp3) is 0.667. The van der Waals surface area contributed by atoms with Gasteiger partial charge in [0.05, 0.1) is 0 Å². The summed E-state index contributed by atoms with van der Waals surface area (Å²) in [5.74, 6) is 0.664. The van der Waals surface area contributed by atoms with Crippen molar-refractivity contribution < 1.29 is 4.74 Å². The van der Waals surface area contributed by atoms with Gasteiger partial charge in [0.15, 0.2) is 5.82 Å². The van der Waals surface area contributed by atoms with Crippen LogP contribution in [0.15, 0.2) is 0 Å². The molecule has 1 aromatic rings. The Labute approximate surface area is 102 Å². The maximum absolute atomic E-state index is 6.15. The fourth-order valence-electron chi connectivity index (χ4n) is 1.59. The molecular weight excluding hydrogens is 224 g/mol. The van der Waals surface area contributed by atoms with Crippen molar-refractivity contribution in [1.29, 1.82) is 0 Å². The zero-order valence-electron chi connectivity index (χ0n) is 10.6. The van der Waals surface area contributed by atoms with Gasteiger partial charge < -0.3 is 4.74 Å². The molecule has 0 aliphatic rings. The van der Waals surface area contributed by atoms with Crippen LogP contribution in [-0.4, -0.2) is 17.1 Å². The summed E-state index contributed by atoms with van der Waals surface area (Å²) in [4.78, 5) is 8.85. The minimum absolute atomic E-state index is 0.458. The summed E-state index contributed by atoms with van der Waals surface area (Å²) in [6, 6.07) is 0. The summed E-state index contributed by atoms with van der Waals surface area (Å²) < 4.78 is 5.47. The van der Waals surface area contributed by atoms with Crippen molar-refractivity contribution in [2.75, 3.05) is 7.11 Å². The van der Waals surface area contributed by atoms with Gasteiger partial charge in [-0.2, -0.15) is 0 Å². The van der Waals surface area contributed by atoms with Crippen LogP contribution in [0.5, 0.6) is 0 Å². The van der Waals surface area contributed by atoms with Crippen LogP contribution < -0.4 is 0 Å². The smallest absolute Gasteiger partial charge is 0.161 e. The van der Waals surface area contributed by atoms with Crippen LogP contribution in [0.4, 0.5) is 0 Å².